The average Bonchev–Trinajstić information content (AvgIpc) is 2.68. The second-order valence-electron chi connectivity index (χ2n) is 5.85. The van der Waals surface area contributed by atoms with E-state index >= 15 is 0 Å². The van der Waals surface area contributed by atoms with Crippen LogP contribution in [0.15, 0.2) is 53.5 Å². The second kappa shape index (κ2) is 9.46. The molecule has 0 aromatic heterocycles. The van der Waals surface area contributed by atoms with Gasteiger partial charge in [0.2, 0.25) is 0 Å². The number of nitrogens with zero attached hydrogens (tertiary/aromatic N) is 2. The maximum Gasteiger partial charge on any atom is 0.251 e. The maximum absolute atomic E-state index is 11.8. The van der Waals surface area contributed by atoms with Gasteiger partial charge in [-0.3, -0.25) is 9.79 Å². The van der Waals surface area contributed by atoms with Crippen LogP contribution in [-0.2, 0) is 13.1 Å². The lowest BCUT2D eigenvalue weighted by molar-refractivity contribution is 0.0963. The largest absolute Gasteiger partial charge is 0.496 e. The summed E-state index contributed by atoms with van der Waals surface area (Å²) in [6.07, 6.45) is 0. The Morgan fingerprint density at radius 3 is 2.65 bits per heavy atom. The lowest BCUT2D eigenvalue weighted by Gasteiger charge is -2.23. The molecule has 1 amide bonds. The van der Waals surface area contributed by atoms with Crippen LogP contribution >= 0.6 is 0 Å². The Morgan fingerprint density at radius 1 is 1.19 bits per heavy atom. The minimum Gasteiger partial charge on any atom is -0.496 e. The van der Waals surface area contributed by atoms with Crippen LogP contribution in [0.25, 0.3) is 0 Å². The lowest BCUT2D eigenvalue weighted by atomic mass is 10.1. The predicted molar refractivity (Wildman–Crippen MR) is 104 cm³/mol. The van der Waals surface area contributed by atoms with Crippen LogP contribution in [-0.4, -0.2) is 45.0 Å². The third-order valence-corrected chi connectivity index (χ3v) is 4.04. The first kappa shape index (κ1) is 19.3. The van der Waals surface area contributed by atoms with Crippen molar-refractivity contribution in [3.05, 3.63) is 65.2 Å². The van der Waals surface area contributed by atoms with E-state index in [1.807, 2.05) is 54.4 Å². The van der Waals surface area contributed by atoms with Gasteiger partial charge >= 0.3 is 0 Å². The predicted octanol–water partition coefficient (Wildman–Crippen LogP) is 2.26. The van der Waals surface area contributed by atoms with Gasteiger partial charge in [-0.05, 0) is 23.8 Å². The van der Waals surface area contributed by atoms with E-state index in [9.17, 15) is 4.79 Å². The molecule has 2 N–H and O–H groups in total. The number of ether oxygens (including phenoxy) is 1. The van der Waals surface area contributed by atoms with Gasteiger partial charge in [0.05, 0.1) is 7.11 Å². The number of hydrogen-bond donors (Lipinski definition) is 2. The molecule has 0 fully saturated rings. The zero-order chi connectivity index (χ0) is 18.9. The number of para-hydroxylation sites is 1. The van der Waals surface area contributed by atoms with Gasteiger partial charge in [-0.2, -0.15) is 0 Å². The first-order chi connectivity index (χ1) is 12.6. The van der Waals surface area contributed by atoms with Crippen molar-refractivity contribution in [1.82, 2.24) is 15.5 Å². The molecule has 0 heterocycles. The Hall–Kier alpha value is -3.02. The van der Waals surface area contributed by atoms with Gasteiger partial charge in [-0.25, -0.2) is 0 Å². The van der Waals surface area contributed by atoms with E-state index in [0.717, 1.165) is 22.8 Å². The van der Waals surface area contributed by atoms with E-state index in [0.29, 0.717) is 18.7 Å². The molecule has 0 atom stereocenters. The lowest BCUT2D eigenvalue weighted by Crippen LogP contribution is -2.38. The Morgan fingerprint density at radius 2 is 1.96 bits per heavy atom. The zero-order valence-electron chi connectivity index (χ0n) is 15.7. The van der Waals surface area contributed by atoms with Crippen molar-refractivity contribution in [3.8, 4) is 5.75 Å². The maximum atomic E-state index is 11.8. The minimum absolute atomic E-state index is 0.0930. The van der Waals surface area contributed by atoms with Crippen LogP contribution in [0.1, 0.15) is 21.5 Å². The number of carbonyl (C=O) groups excluding carboxylic acids is 1. The fourth-order valence-corrected chi connectivity index (χ4v) is 2.70. The normalized spacial score (nSPS) is 11.0. The van der Waals surface area contributed by atoms with Gasteiger partial charge in [0.15, 0.2) is 5.96 Å². The molecule has 0 aliphatic heterocycles. The van der Waals surface area contributed by atoms with E-state index in [1.165, 1.54) is 0 Å². The molecular weight excluding hydrogens is 328 g/mol. The van der Waals surface area contributed by atoms with Gasteiger partial charge < -0.3 is 20.3 Å². The highest BCUT2D eigenvalue weighted by Crippen LogP contribution is 2.18. The highest BCUT2D eigenvalue weighted by atomic mass is 16.5. The third kappa shape index (κ3) is 4.99. The summed E-state index contributed by atoms with van der Waals surface area (Å²) in [5, 5.41) is 5.97. The summed E-state index contributed by atoms with van der Waals surface area (Å²) in [6, 6.07) is 15.5. The molecule has 6 heteroatoms. The number of carbonyl (C=O) groups is 1. The van der Waals surface area contributed by atoms with Gasteiger partial charge in [0, 0.05) is 45.4 Å². The topological polar surface area (TPSA) is 66.0 Å². The summed E-state index contributed by atoms with van der Waals surface area (Å²) in [5.74, 6) is 1.53. The summed E-state index contributed by atoms with van der Waals surface area (Å²) >= 11 is 0. The highest BCUT2D eigenvalue weighted by molar-refractivity contribution is 5.94. The number of rotatable bonds is 6. The molecule has 2 rings (SSSR count). The Balaban J connectivity index is 2.02. The summed E-state index contributed by atoms with van der Waals surface area (Å²) < 4.78 is 5.41. The van der Waals surface area contributed by atoms with Crippen molar-refractivity contribution in [1.29, 1.82) is 0 Å². The molecule has 26 heavy (non-hydrogen) atoms. The van der Waals surface area contributed by atoms with Crippen LogP contribution in [0.3, 0.4) is 0 Å². The molecule has 0 spiro atoms. The molecule has 0 aliphatic carbocycles. The fraction of sp³-hybridized carbons (Fsp3) is 0.300. The Kier molecular flexibility index (Phi) is 7.02. The summed E-state index contributed by atoms with van der Waals surface area (Å²) in [4.78, 5) is 18.1. The number of amides is 1. The number of hydrogen-bond acceptors (Lipinski definition) is 3. The molecule has 0 bridgehead atoms. The minimum atomic E-state index is -0.0930. The summed E-state index contributed by atoms with van der Waals surface area (Å²) in [7, 11) is 7.03. The monoisotopic (exact) mass is 354 g/mol. The SMILES string of the molecule is CN=C(NCc1cccc(C(=O)NC)c1)N(C)Cc1ccccc1OC. The van der Waals surface area contributed by atoms with Crippen molar-refractivity contribution >= 4 is 11.9 Å². The van der Waals surface area contributed by atoms with E-state index in [1.54, 1.807) is 27.3 Å². The molecule has 138 valence electrons. The zero-order valence-corrected chi connectivity index (χ0v) is 15.7. The highest BCUT2D eigenvalue weighted by Gasteiger charge is 2.10. The van der Waals surface area contributed by atoms with Crippen molar-refractivity contribution in [2.45, 2.75) is 13.1 Å². The van der Waals surface area contributed by atoms with Gasteiger partial charge in [-0.1, -0.05) is 30.3 Å². The van der Waals surface area contributed by atoms with Crippen LogP contribution < -0.4 is 15.4 Å². The van der Waals surface area contributed by atoms with E-state index < -0.39 is 0 Å². The molecule has 0 aliphatic rings. The Labute approximate surface area is 154 Å². The first-order valence-electron chi connectivity index (χ1n) is 8.43. The summed E-state index contributed by atoms with van der Waals surface area (Å²) in [6.45, 7) is 1.25. The van der Waals surface area contributed by atoms with Crippen molar-refractivity contribution in [2.24, 2.45) is 4.99 Å². The van der Waals surface area contributed by atoms with Crippen LogP contribution in [0.2, 0.25) is 0 Å². The third-order valence-electron chi connectivity index (χ3n) is 4.04. The standard InChI is InChI=1S/C20H26N4O2/c1-21-19(25)16-10-7-8-15(12-16)13-23-20(22-2)24(3)14-17-9-5-6-11-18(17)26-4/h5-12H,13-14H2,1-4H3,(H,21,25)(H,22,23). The quantitative estimate of drug-likeness (QED) is 0.617. The number of benzene rings is 2. The number of methoxy groups -OCH3 is 1. The molecule has 6 nitrogen and oxygen atoms in total. The molecule has 0 unspecified atom stereocenters. The van der Waals surface area contributed by atoms with E-state index in [4.69, 9.17) is 4.74 Å². The van der Waals surface area contributed by atoms with Gasteiger partial charge in [0.1, 0.15) is 5.75 Å². The van der Waals surface area contributed by atoms with Crippen molar-refractivity contribution in [2.75, 3.05) is 28.3 Å². The number of aliphatic imine (C=N–C) groups is 1. The molecule has 2 aromatic carbocycles. The molecule has 2 aromatic rings. The first-order valence-corrected chi connectivity index (χ1v) is 8.43. The average molecular weight is 354 g/mol. The molecular formula is C20H26N4O2. The molecule has 0 saturated carbocycles. The number of guanidine groups is 1. The van der Waals surface area contributed by atoms with Crippen molar-refractivity contribution in [3.63, 3.8) is 0 Å². The molecule has 0 saturated heterocycles. The Bertz CT molecular complexity index is 774. The fourth-order valence-electron chi connectivity index (χ4n) is 2.70. The van der Waals surface area contributed by atoms with Crippen molar-refractivity contribution < 1.29 is 9.53 Å². The van der Waals surface area contributed by atoms with Gasteiger partial charge in [-0.15, -0.1) is 0 Å². The molecule has 0 radical (unpaired) electrons. The van der Waals surface area contributed by atoms with Crippen LogP contribution in [0.5, 0.6) is 5.75 Å². The van der Waals surface area contributed by atoms with Gasteiger partial charge in [0.25, 0.3) is 5.91 Å². The van der Waals surface area contributed by atoms with Crippen LogP contribution in [0, 0.1) is 0 Å². The smallest absolute Gasteiger partial charge is 0.251 e. The number of nitrogens with one attached hydrogen (secondary N) is 2. The van der Waals surface area contributed by atoms with E-state index in [2.05, 4.69) is 15.6 Å². The second-order valence-corrected chi connectivity index (χ2v) is 5.85. The summed E-state index contributed by atoms with van der Waals surface area (Å²) in [5.41, 5.74) is 2.74. The van der Waals surface area contributed by atoms with Crippen LogP contribution in [0.4, 0.5) is 0 Å². The van der Waals surface area contributed by atoms with E-state index in [-0.39, 0.29) is 5.91 Å².